The maximum absolute atomic E-state index is 14.5. The number of hydrogen-bond acceptors (Lipinski definition) is 8. The van der Waals surface area contributed by atoms with E-state index >= 15 is 0 Å². The van der Waals surface area contributed by atoms with Gasteiger partial charge in [0.05, 0.1) is 5.92 Å². The minimum atomic E-state index is -1.28. The second kappa shape index (κ2) is 19.9. The van der Waals surface area contributed by atoms with Gasteiger partial charge in [0.1, 0.15) is 30.3 Å². The Balaban J connectivity index is 2.18. The van der Waals surface area contributed by atoms with E-state index in [4.69, 9.17) is 9.47 Å². The highest BCUT2D eigenvalue weighted by atomic mass is 16.6. The second-order valence-electron chi connectivity index (χ2n) is 15.7. The zero-order valence-corrected chi connectivity index (χ0v) is 33.6. The van der Waals surface area contributed by atoms with E-state index in [1.54, 1.807) is 27.8 Å². The predicted octanol–water partition coefficient (Wildman–Crippen LogP) is 4.77. The molecule has 0 saturated carbocycles. The van der Waals surface area contributed by atoms with Crippen molar-refractivity contribution in [2.24, 2.45) is 23.7 Å². The van der Waals surface area contributed by atoms with Crippen molar-refractivity contribution in [1.82, 2.24) is 20.0 Å². The summed E-state index contributed by atoms with van der Waals surface area (Å²) < 4.78 is 12.3. The summed E-state index contributed by atoms with van der Waals surface area (Å²) in [5, 5.41) is 2.91. The van der Waals surface area contributed by atoms with Gasteiger partial charge in [0, 0.05) is 27.1 Å². The van der Waals surface area contributed by atoms with Crippen LogP contribution in [0.2, 0.25) is 0 Å². The number of benzene rings is 1. The molecule has 1 aromatic carbocycles. The normalized spacial score (nSPS) is 27.9. The molecule has 2 aliphatic heterocycles. The Kier molecular flexibility index (Phi) is 16.3. The summed E-state index contributed by atoms with van der Waals surface area (Å²) in [6.45, 7) is 15.0. The van der Waals surface area contributed by atoms with Crippen molar-refractivity contribution >= 4 is 35.6 Å². The van der Waals surface area contributed by atoms with Crippen LogP contribution in [0.4, 0.5) is 0 Å². The van der Waals surface area contributed by atoms with Crippen molar-refractivity contribution in [2.45, 2.75) is 143 Å². The monoisotopic (exact) mass is 740 g/mol. The number of amides is 4. The van der Waals surface area contributed by atoms with Crippen LogP contribution >= 0.6 is 0 Å². The van der Waals surface area contributed by atoms with Crippen molar-refractivity contribution in [3.63, 3.8) is 0 Å². The Bertz CT molecular complexity index is 1420. The predicted molar refractivity (Wildman–Crippen MR) is 202 cm³/mol. The highest BCUT2D eigenvalue weighted by molar-refractivity contribution is 5.95. The van der Waals surface area contributed by atoms with E-state index in [-0.39, 0.29) is 24.8 Å². The number of carbonyl (C=O) groups excluding carboxylic acids is 6. The summed E-state index contributed by atoms with van der Waals surface area (Å²) in [4.78, 5) is 89.4. The number of esters is 2. The number of cyclic esters (lactones) is 2. The average Bonchev–Trinajstić information content (AvgIpc) is 3.61. The number of ether oxygens (including phenoxy) is 2. The fraction of sp³-hybridized carbons (Fsp3) is 0.707. The Labute approximate surface area is 316 Å². The topological polar surface area (TPSA) is 143 Å². The highest BCUT2D eigenvalue weighted by Gasteiger charge is 2.45. The zero-order chi connectivity index (χ0) is 39.6. The lowest BCUT2D eigenvalue weighted by Crippen LogP contribution is -2.57. The van der Waals surface area contributed by atoms with Crippen LogP contribution in [0.5, 0.6) is 0 Å². The van der Waals surface area contributed by atoms with Crippen LogP contribution in [0.25, 0.3) is 0 Å². The van der Waals surface area contributed by atoms with Crippen LogP contribution < -0.4 is 5.32 Å². The number of unbranched alkanes of at least 4 members (excludes halogenated alkanes) is 2. The average molecular weight is 741 g/mol. The van der Waals surface area contributed by atoms with Crippen LogP contribution in [-0.4, -0.2) is 107 Å². The summed E-state index contributed by atoms with van der Waals surface area (Å²) in [7, 11) is 3.07. The molecule has 0 aromatic heterocycles. The van der Waals surface area contributed by atoms with Gasteiger partial charge in [-0.05, 0) is 49.0 Å². The molecule has 4 amide bonds. The van der Waals surface area contributed by atoms with Crippen molar-refractivity contribution in [3.05, 3.63) is 35.9 Å². The van der Waals surface area contributed by atoms with E-state index in [2.05, 4.69) is 12.2 Å². The van der Waals surface area contributed by atoms with Gasteiger partial charge in [-0.1, -0.05) is 105 Å². The minimum absolute atomic E-state index is 0.0605. The van der Waals surface area contributed by atoms with Gasteiger partial charge in [-0.15, -0.1) is 0 Å². The molecule has 0 spiro atoms. The number of nitrogens with zero attached hydrogens (tertiary/aromatic N) is 3. The zero-order valence-electron chi connectivity index (χ0n) is 33.6. The fourth-order valence-electron chi connectivity index (χ4n) is 7.48. The molecule has 0 aliphatic carbocycles. The van der Waals surface area contributed by atoms with E-state index < -0.39 is 83.8 Å². The Morgan fingerprint density at radius 2 is 1.42 bits per heavy atom. The summed E-state index contributed by atoms with van der Waals surface area (Å²) in [5.74, 6) is -5.10. The quantitative estimate of drug-likeness (QED) is 0.267. The third-order valence-corrected chi connectivity index (χ3v) is 11.0. The summed E-state index contributed by atoms with van der Waals surface area (Å²) >= 11 is 0. The van der Waals surface area contributed by atoms with Gasteiger partial charge < -0.3 is 29.5 Å². The number of likely N-dealkylation sites (N-methyl/N-ethyl adjacent to an activating group) is 2. The molecule has 296 valence electrons. The first kappa shape index (κ1) is 43.4. The van der Waals surface area contributed by atoms with Crippen LogP contribution in [-0.2, 0) is 44.7 Å². The van der Waals surface area contributed by atoms with Gasteiger partial charge in [-0.3, -0.25) is 19.2 Å². The molecule has 3 rings (SSSR count). The Morgan fingerprint density at radius 1 is 0.792 bits per heavy atom. The largest absolute Gasteiger partial charge is 0.460 e. The summed E-state index contributed by atoms with van der Waals surface area (Å²) in [5.41, 5.74) is 0.756. The van der Waals surface area contributed by atoms with E-state index in [9.17, 15) is 28.8 Å². The smallest absolute Gasteiger partial charge is 0.329 e. The van der Waals surface area contributed by atoms with Crippen LogP contribution in [0.15, 0.2) is 30.3 Å². The minimum Gasteiger partial charge on any atom is -0.460 e. The van der Waals surface area contributed by atoms with Gasteiger partial charge in [-0.2, -0.15) is 0 Å². The van der Waals surface area contributed by atoms with E-state index in [0.717, 1.165) is 18.4 Å². The van der Waals surface area contributed by atoms with Crippen molar-refractivity contribution in [3.8, 4) is 0 Å². The molecule has 8 atom stereocenters. The number of rotatable bonds is 10. The molecule has 2 fully saturated rings. The first-order valence-electron chi connectivity index (χ1n) is 19.6. The standard InChI is InChI=1S/C41H64N4O8/c1-11-13-15-22-31-28(8)36(46)42-33(25(3)4)39(49)43(9)34(26(5)6)40(50)53-32(24-29-19-16-14-17-20-29)38(48)45-23-18-21-30(45)37(47)44(10)35(27(7)12-2)41(51)52-31/h14,16-17,19-20,25-28,30-35H,11-13,15,18,21-24H2,1-10H3,(H,42,46). The molecule has 53 heavy (non-hydrogen) atoms. The van der Waals surface area contributed by atoms with Gasteiger partial charge in [0.15, 0.2) is 6.10 Å². The molecular formula is C41H64N4O8. The second-order valence-corrected chi connectivity index (χ2v) is 15.7. The molecule has 2 aliphatic rings. The molecule has 12 heteroatoms. The number of nitrogens with one attached hydrogen (secondary N) is 1. The number of fused-ring (bicyclic) bond motifs is 1. The van der Waals surface area contributed by atoms with E-state index in [1.165, 1.54) is 21.7 Å². The molecule has 2 saturated heterocycles. The van der Waals surface area contributed by atoms with Crippen molar-refractivity contribution in [1.29, 1.82) is 0 Å². The first-order valence-corrected chi connectivity index (χ1v) is 19.6. The fourth-order valence-corrected chi connectivity index (χ4v) is 7.48. The summed E-state index contributed by atoms with van der Waals surface area (Å²) in [6, 6.07) is 5.24. The van der Waals surface area contributed by atoms with E-state index in [0.29, 0.717) is 32.1 Å². The first-order chi connectivity index (χ1) is 25.0. The third-order valence-electron chi connectivity index (χ3n) is 11.0. The SMILES string of the molecule is CCCCCC1OC(=O)C(C(C)CC)N(C)C(=O)C2CCCN2C(=O)C(Cc2ccccc2)OC(=O)C(C(C)C)N(C)C(=O)C(C(C)C)NC(=O)C1C. The third kappa shape index (κ3) is 10.8. The van der Waals surface area contributed by atoms with Crippen LogP contribution in [0.3, 0.4) is 0 Å². The highest BCUT2D eigenvalue weighted by Crippen LogP contribution is 2.27. The molecular weight excluding hydrogens is 676 g/mol. The molecule has 12 nitrogen and oxygen atoms in total. The molecule has 1 N–H and O–H groups in total. The number of carbonyl (C=O) groups is 6. The van der Waals surface area contributed by atoms with Crippen molar-refractivity contribution < 1.29 is 38.2 Å². The van der Waals surface area contributed by atoms with Gasteiger partial charge in [0.2, 0.25) is 17.7 Å². The lowest BCUT2D eigenvalue weighted by molar-refractivity contribution is -0.170. The van der Waals surface area contributed by atoms with Crippen LogP contribution in [0, 0.1) is 23.7 Å². The molecule has 8 unspecified atom stereocenters. The lowest BCUT2D eigenvalue weighted by atomic mass is 9.94. The Hall–Kier alpha value is -3.96. The number of hydrogen-bond donors (Lipinski definition) is 1. The van der Waals surface area contributed by atoms with Crippen molar-refractivity contribution in [2.75, 3.05) is 20.6 Å². The van der Waals surface area contributed by atoms with Crippen LogP contribution in [0.1, 0.15) is 106 Å². The van der Waals surface area contributed by atoms with Gasteiger partial charge in [-0.25, -0.2) is 9.59 Å². The molecule has 1 aromatic rings. The molecule has 2 heterocycles. The van der Waals surface area contributed by atoms with Gasteiger partial charge >= 0.3 is 11.9 Å². The summed E-state index contributed by atoms with van der Waals surface area (Å²) in [6.07, 6.45) is 2.40. The lowest BCUT2D eigenvalue weighted by Gasteiger charge is -2.36. The van der Waals surface area contributed by atoms with Gasteiger partial charge in [0.25, 0.3) is 5.91 Å². The maximum atomic E-state index is 14.5. The Morgan fingerprint density at radius 3 is 2.00 bits per heavy atom. The molecule has 0 bridgehead atoms. The van der Waals surface area contributed by atoms with E-state index in [1.807, 2.05) is 58.0 Å². The molecule has 0 radical (unpaired) electrons. The maximum Gasteiger partial charge on any atom is 0.329 e.